The number of hydrogen-bond donors (Lipinski definition) is 0. The van der Waals surface area contributed by atoms with Crippen molar-refractivity contribution >= 4 is 11.9 Å². The summed E-state index contributed by atoms with van der Waals surface area (Å²) in [7, 11) is 0. The molecule has 90 valence electrons. The summed E-state index contributed by atoms with van der Waals surface area (Å²) >= 11 is 0. The van der Waals surface area contributed by atoms with Gasteiger partial charge in [-0.15, -0.1) is 0 Å². The zero-order chi connectivity index (χ0) is 11.4. The van der Waals surface area contributed by atoms with E-state index in [1.807, 2.05) is 4.90 Å². The van der Waals surface area contributed by atoms with E-state index in [4.69, 9.17) is 0 Å². The third-order valence-electron chi connectivity index (χ3n) is 3.48. The van der Waals surface area contributed by atoms with Gasteiger partial charge in [0.15, 0.2) is 0 Å². The van der Waals surface area contributed by atoms with Crippen LogP contribution in [0.3, 0.4) is 0 Å². The Balaban J connectivity index is 1.93. The normalized spacial score (nSPS) is 26.0. The van der Waals surface area contributed by atoms with Gasteiger partial charge in [-0.25, -0.2) is 0 Å². The summed E-state index contributed by atoms with van der Waals surface area (Å²) in [6.45, 7) is 0.576. The Morgan fingerprint density at radius 3 is 1.94 bits per heavy atom. The van der Waals surface area contributed by atoms with E-state index in [2.05, 4.69) is 4.74 Å². The summed E-state index contributed by atoms with van der Waals surface area (Å²) in [4.78, 5) is 24.4. The number of cyclic esters (lactones) is 2. The van der Waals surface area contributed by atoms with E-state index >= 15 is 0 Å². The highest BCUT2D eigenvalue weighted by molar-refractivity contribution is 5.90. The van der Waals surface area contributed by atoms with Crippen molar-refractivity contribution in [3.63, 3.8) is 0 Å². The van der Waals surface area contributed by atoms with Crippen LogP contribution < -0.4 is 0 Å². The molecule has 0 spiro atoms. The minimum atomic E-state index is -0.390. The first-order valence-electron chi connectivity index (χ1n) is 6.23. The van der Waals surface area contributed by atoms with Crippen molar-refractivity contribution < 1.29 is 14.3 Å². The molecule has 2 fully saturated rings. The number of rotatable bonds is 1. The number of ether oxygens (including phenoxy) is 1. The average molecular weight is 225 g/mol. The van der Waals surface area contributed by atoms with Crippen LogP contribution >= 0.6 is 0 Å². The maximum absolute atomic E-state index is 11.2. The molecule has 1 saturated heterocycles. The molecule has 0 bridgehead atoms. The van der Waals surface area contributed by atoms with E-state index in [1.54, 1.807) is 0 Å². The molecule has 0 radical (unpaired) electrons. The van der Waals surface area contributed by atoms with Gasteiger partial charge in [0.2, 0.25) is 0 Å². The lowest BCUT2D eigenvalue weighted by molar-refractivity contribution is -0.168. The molecule has 2 aliphatic rings. The Hall–Kier alpha value is -0.900. The molecule has 4 heteroatoms. The van der Waals surface area contributed by atoms with Crippen molar-refractivity contribution in [1.29, 1.82) is 0 Å². The lowest BCUT2D eigenvalue weighted by Crippen LogP contribution is -2.48. The van der Waals surface area contributed by atoms with Gasteiger partial charge in [0.1, 0.15) is 0 Å². The molecule has 0 aromatic carbocycles. The first-order chi connectivity index (χ1) is 7.75. The predicted octanol–water partition coefficient (Wildman–Crippen LogP) is 1.48. The van der Waals surface area contributed by atoms with Crippen molar-refractivity contribution in [2.45, 2.75) is 51.0 Å². The smallest absolute Gasteiger partial charge is 0.327 e. The van der Waals surface area contributed by atoms with Crippen molar-refractivity contribution in [3.8, 4) is 0 Å². The summed E-state index contributed by atoms with van der Waals surface area (Å²) in [5, 5.41) is 0. The fourth-order valence-electron chi connectivity index (χ4n) is 2.64. The lowest BCUT2D eigenvalue weighted by atomic mass is 9.95. The van der Waals surface area contributed by atoms with Gasteiger partial charge in [0, 0.05) is 6.04 Å². The Labute approximate surface area is 95.9 Å². The molecule has 1 saturated carbocycles. The fourth-order valence-corrected chi connectivity index (χ4v) is 2.64. The van der Waals surface area contributed by atoms with Gasteiger partial charge in [-0.05, 0) is 12.8 Å². The number of nitrogens with zero attached hydrogens (tertiary/aromatic N) is 1. The summed E-state index contributed by atoms with van der Waals surface area (Å²) in [5.41, 5.74) is 0. The third kappa shape index (κ3) is 3.04. The molecule has 1 heterocycles. The maximum Gasteiger partial charge on any atom is 0.327 e. The molecule has 0 aromatic rings. The van der Waals surface area contributed by atoms with Gasteiger partial charge in [-0.2, -0.15) is 0 Å². The van der Waals surface area contributed by atoms with Crippen LogP contribution in [0, 0.1) is 0 Å². The van der Waals surface area contributed by atoms with Crippen molar-refractivity contribution in [2.24, 2.45) is 0 Å². The molecule has 1 aliphatic carbocycles. The number of hydrogen-bond acceptors (Lipinski definition) is 4. The summed E-state index contributed by atoms with van der Waals surface area (Å²) in [5.74, 6) is -0.781. The van der Waals surface area contributed by atoms with E-state index in [0.717, 1.165) is 12.8 Å². The second-order valence-corrected chi connectivity index (χ2v) is 4.75. The molecular formula is C12H19NO3. The molecule has 0 amide bonds. The number of carbonyl (C=O) groups is 2. The maximum atomic E-state index is 11.2. The summed E-state index contributed by atoms with van der Waals surface area (Å²) in [6, 6.07) is 0.400. The number of esters is 2. The minimum absolute atomic E-state index is 0.288. The predicted molar refractivity (Wildman–Crippen MR) is 58.8 cm³/mol. The second-order valence-electron chi connectivity index (χ2n) is 4.75. The Morgan fingerprint density at radius 1 is 0.875 bits per heavy atom. The number of morpholine rings is 1. The van der Waals surface area contributed by atoms with Crippen molar-refractivity contribution in [2.75, 3.05) is 13.1 Å². The van der Waals surface area contributed by atoms with E-state index in [-0.39, 0.29) is 13.1 Å². The zero-order valence-electron chi connectivity index (χ0n) is 9.61. The molecule has 0 atom stereocenters. The standard InChI is InChI=1S/C12H19NO3/c14-11-8-13(9-12(15)16-11)10-6-4-2-1-3-5-7-10/h10H,1-9H2. The van der Waals surface area contributed by atoms with Crippen LogP contribution in [0.5, 0.6) is 0 Å². The van der Waals surface area contributed by atoms with Crippen LogP contribution in [0.2, 0.25) is 0 Å². The molecule has 2 rings (SSSR count). The number of carbonyl (C=O) groups excluding carboxylic acids is 2. The summed E-state index contributed by atoms with van der Waals surface area (Å²) in [6.07, 6.45) is 8.54. The van der Waals surface area contributed by atoms with E-state index in [0.29, 0.717) is 6.04 Å². The van der Waals surface area contributed by atoms with Crippen LogP contribution in [-0.4, -0.2) is 36.0 Å². The van der Waals surface area contributed by atoms with E-state index < -0.39 is 11.9 Å². The fraction of sp³-hybridized carbons (Fsp3) is 0.833. The van der Waals surface area contributed by atoms with E-state index in [9.17, 15) is 9.59 Å². The Kier molecular flexibility index (Phi) is 3.93. The van der Waals surface area contributed by atoms with Gasteiger partial charge >= 0.3 is 11.9 Å². The zero-order valence-corrected chi connectivity index (χ0v) is 9.61. The largest absolute Gasteiger partial charge is 0.391 e. The molecular weight excluding hydrogens is 206 g/mol. The van der Waals surface area contributed by atoms with Gasteiger partial charge in [0.25, 0.3) is 0 Å². The molecule has 0 N–H and O–H groups in total. The van der Waals surface area contributed by atoms with Crippen molar-refractivity contribution in [1.82, 2.24) is 4.90 Å². The molecule has 0 unspecified atom stereocenters. The van der Waals surface area contributed by atoms with Crippen LogP contribution in [-0.2, 0) is 14.3 Å². The molecule has 16 heavy (non-hydrogen) atoms. The first kappa shape index (κ1) is 11.6. The highest BCUT2D eigenvalue weighted by atomic mass is 16.6. The van der Waals surface area contributed by atoms with Crippen LogP contribution in [0.15, 0.2) is 0 Å². The minimum Gasteiger partial charge on any atom is -0.391 e. The van der Waals surface area contributed by atoms with Gasteiger partial charge < -0.3 is 4.74 Å². The topological polar surface area (TPSA) is 46.6 Å². The van der Waals surface area contributed by atoms with Gasteiger partial charge in [-0.1, -0.05) is 32.1 Å². The highest BCUT2D eigenvalue weighted by Gasteiger charge is 2.29. The molecule has 1 aliphatic heterocycles. The van der Waals surface area contributed by atoms with Crippen LogP contribution in [0.25, 0.3) is 0 Å². The molecule has 0 aromatic heterocycles. The van der Waals surface area contributed by atoms with E-state index in [1.165, 1.54) is 32.1 Å². The molecule has 4 nitrogen and oxygen atoms in total. The Morgan fingerprint density at radius 2 is 1.38 bits per heavy atom. The van der Waals surface area contributed by atoms with Crippen LogP contribution in [0.4, 0.5) is 0 Å². The first-order valence-corrected chi connectivity index (χ1v) is 6.23. The van der Waals surface area contributed by atoms with Gasteiger partial charge in [0.05, 0.1) is 13.1 Å². The quantitative estimate of drug-likeness (QED) is 0.501. The van der Waals surface area contributed by atoms with Gasteiger partial charge in [-0.3, -0.25) is 14.5 Å². The lowest BCUT2D eigenvalue weighted by Gasteiger charge is -2.33. The van der Waals surface area contributed by atoms with Crippen LogP contribution in [0.1, 0.15) is 44.9 Å². The highest BCUT2D eigenvalue weighted by Crippen LogP contribution is 2.22. The third-order valence-corrected chi connectivity index (χ3v) is 3.48. The average Bonchev–Trinajstić information content (AvgIpc) is 2.14. The Bertz CT molecular complexity index is 253. The monoisotopic (exact) mass is 225 g/mol. The summed E-state index contributed by atoms with van der Waals surface area (Å²) < 4.78 is 4.54. The second kappa shape index (κ2) is 5.43. The van der Waals surface area contributed by atoms with Crippen molar-refractivity contribution in [3.05, 3.63) is 0 Å². The SMILES string of the molecule is O=C1CN(C2CCCCCCC2)CC(=O)O1.